The summed E-state index contributed by atoms with van der Waals surface area (Å²) in [6.07, 6.45) is 2.73. The molecule has 0 saturated carbocycles. The van der Waals surface area contributed by atoms with Crippen molar-refractivity contribution in [2.75, 3.05) is 0 Å². The fourth-order valence-corrected chi connectivity index (χ4v) is 4.45. The van der Waals surface area contributed by atoms with Crippen LogP contribution in [0.4, 0.5) is 4.39 Å². The average Bonchev–Trinajstić information content (AvgIpc) is 3.58. The van der Waals surface area contributed by atoms with E-state index in [1.54, 1.807) is 12.1 Å². The second-order valence-electron chi connectivity index (χ2n) is 9.20. The van der Waals surface area contributed by atoms with Gasteiger partial charge in [0.25, 0.3) is 11.8 Å². The molecule has 188 valence electrons. The average molecular weight is 501 g/mol. The fourth-order valence-electron chi connectivity index (χ4n) is 4.45. The Hall–Kier alpha value is -4.54. The molecule has 11 heteroatoms. The van der Waals surface area contributed by atoms with Gasteiger partial charge in [-0.25, -0.2) is 14.4 Å². The lowest BCUT2D eigenvalue weighted by atomic mass is 10.00. The first-order valence-corrected chi connectivity index (χ1v) is 11.9. The number of aryl methyl sites for hydroxylation is 1. The van der Waals surface area contributed by atoms with Crippen LogP contribution in [0.15, 0.2) is 48.8 Å². The van der Waals surface area contributed by atoms with Gasteiger partial charge in [0.1, 0.15) is 23.5 Å². The quantitative estimate of drug-likeness (QED) is 0.354. The Labute approximate surface area is 212 Å². The summed E-state index contributed by atoms with van der Waals surface area (Å²) < 4.78 is 14.0. The fraction of sp³-hybridized carbons (Fsp3) is 0.269. The molecule has 0 aliphatic heterocycles. The van der Waals surface area contributed by atoms with Crippen molar-refractivity contribution in [2.45, 2.75) is 45.2 Å². The smallest absolute Gasteiger partial charge is 0.270 e. The molecule has 0 bridgehead atoms. The number of H-pyrrole nitrogens is 1. The van der Waals surface area contributed by atoms with E-state index in [-0.39, 0.29) is 35.7 Å². The van der Waals surface area contributed by atoms with Crippen LogP contribution in [0.5, 0.6) is 0 Å². The number of benzene rings is 2. The van der Waals surface area contributed by atoms with E-state index in [0.29, 0.717) is 11.4 Å². The number of nitrogens with zero attached hydrogens (tertiary/aromatic N) is 5. The van der Waals surface area contributed by atoms with Gasteiger partial charge in [0.15, 0.2) is 0 Å². The molecule has 5 rings (SSSR count). The Bertz CT molecular complexity index is 1450. The molecule has 0 fully saturated rings. The Kier molecular flexibility index (Phi) is 6.67. The molecule has 0 radical (unpaired) electrons. The normalized spacial score (nSPS) is 14.4. The zero-order valence-electron chi connectivity index (χ0n) is 20.3. The molecule has 2 aromatic carbocycles. The first-order chi connectivity index (χ1) is 17.9. The molecule has 2 aromatic heterocycles. The van der Waals surface area contributed by atoms with E-state index in [1.165, 1.54) is 18.5 Å². The molecule has 2 amide bonds. The van der Waals surface area contributed by atoms with Gasteiger partial charge in [-0.15, -0.1) is 10.2 Å². The minimum absolute atomic E-state index is 0.0259. The van der Waals surface area contributed by atoms with Crippen molar-refractivity contribution in [1.82, 2.24) is 41.2 Å². The molecule has 1 aliphatic carbocycles. The van der Waals surface area contributed by atoms with Gasteiger partial charge in [-0.3, -0.25) is 9.59 Å². The van der Waals surface area contributed by atoms with Gasteiger partial charge >= 0.3 is 0 Å². The maximum absolute atomic E-state index is 14.0. The van der Waals surface area contributed by atoms with E-state index in [0.717, 1.165) is 35.1 Å². The minimum Gasteiger partial charge on any atom is -0.347 e. The molecule has 0 spiro atoms. The highest BCUT2D eigenvalue weighted by molar-refractivity contribution is 5.97. The van der Waals surface area contributed by atoms with E-state index in [9.17, 15) is 14.0 Å². The molecule has 1 atom stereocenters. The molecule has 37 heavy (non-hydrogen) atoms. The maximum Gasteiger partial charge on any atom is 0.270 e. The number of halogens is 1. The molecule has 4 aromatic rings. The van der Waals surface area contributed by atoms with Gasteiger partial charge in [0, 0.05) is 18.2 Å². The number of tetrazole rings is 1. The van der Waals surface area contributed by atoms with Crippen molar-refractivity contribution < 1.29 is 14.0 Å². The molecular weight excluding hydrogens is 475 g/mol. The number of amides is 2. The number of aromatic nitrogens is 6. The predicted molar refractivity (Wildman–Crippen MR) is 132 cm³/mol. The standard InChI is InChI=1S/C26H25FN8O2/c1-14(2)19-9-15(3-7-20(19)27)12-28-25(36)22-11-23(30-13-29-22)26(37)31-21-8-5-16-10-17(4-6-18(16)21)24-32-34-35-33-24/h3-4,6-7,9-11,13-14,21H,5,8,12H2,1-2H3,(H,28,36)(H,31,37)(H,32,33,34,35)/t21-/m0/s1. The van der Waals surface area contributed by atoms with Crippen LogP contribution in [0.1, 0.15) is 75.5 Å². The number of hydrogen-bond acceptors (Lipinski definition) is 7. The number of hydrogen-bond donors (Lipinski definition) is 3. The summed E-state index contributed by atoms with van der Waals surface area (Å²) in [5.74, 6) is -0.572. The lowest BCUT2D eigenvalue weighted by Gasteiger charge is -2.14. The number of aromatic amines is 1. The zero-order valence-corrected chi connectivity index (χ0v) is 20.3. The summed E-state index contributed by atoms with van der Waals surface area (Å²) >= 11 is 0. The van der Waals surface area contributed by atoms with Crippen molar-refractivity contribution in [2.24, 2.45) is 0 Å². The van der Waals surface area contributed by atoms with Crippen molar-refractivity contribution >= 4 is 11.8 Å². The Morgan fingerprint density at radius 2 is 1.89 bits per heavy atom. The lowest BCUT2D eigenvalue weighted by Crippen LogP contribution is -2.29. The number of nitrogens with one attached hydrogen (secondary N) is 3. The molecule has 2 heterocycles. The third-order valence-corrected chi connectivity index (χ3v) is 6.40. The molecule has 3 N–H and O–H groups in total. The van der Waals surface area contributed by atoms with Gasteiger partial charge in [0.05, 0.1) is 6.04 Å². The number of carbonyl (C=O) groups is 2. The van der Waals surface area contributed by atoms with Crippen molar-refractivity contribution in [1.29, 1.82) is 0 Å². The molecule has 10 nitrogen and oxygen atoms in total. The van der Waals surface area contributed by atoms with Gasteiger partial charge in [-0.05, 0) is 58.4 Å². The highest BCUT2D eigenvalue weighted by Crippen LogP contribution is 2.33. The number of rotatable bonds is 7. The monoisotopic (exact) mass is 500 g/mol. The van der Waals surface area contributed by atoms with E-state index in [2.05, 4.69) is 41.2 Å². The van der Waals surface area contributed by atoms with Crippen molar-refractivity contribution in [3.8, 4) is 11.4 Å². The van der Waals surface area contributed by atoms with Crippen LogP contribution >= 0.6 is 0 Å². The summed E-state index contributed by atoms with van der Waals surface area (Å²) in [6.45, 7) is 4.02. The number of fused-ring (bicyclic) bond motifs is 1. The van der Waals surface area contributed by atoms with E-state index < -0.39 is 11.8 Å². The lowest BCUT2D eigenvalue weighted by molar-refractivity contribution is 0.0931. The first kappa shape index (κ1) is 24.2. The largest absolute Gasteiger partial charge is 0.347 e. The highest BCUT2D eigenvalue weighted by Gasteiger charge is 2.26. The van der Waals surface area contributed by atoms with Crippen LogP contribution in [-0.4, -0.2) is 42.4 Å². The maximum atomic E-state index is 14.0. The highest BCUT2D eigenvalue weighted by atomic mass is 19.1. The third kappa shape index (κ3) is 5.20. The number of carbonyl (C=O) groups excluding carboxylic acids is 2. The Morgan fingerprint density at radius 3 is 2.65 bits per heavy atom. The van der Waals surface area contributed by atoms with Crippen LogP contribution in [0, 0.1) is 5.82 Å². The first-order valence-electron chi connectivity index (χ1n) is 11.9. The topological polar surface area (TPSA) is 138 Å². The van der Waals surface area contributed by atoms with Crippen LogP contribution in [0.2, 0.25) is 0 Å². The third-order valence-electron chi connectivity index (χ3n) is 6.40. The Balaban J connectivity index is 1.23. The Morgan fingerprint density at radius 1 is 1.08 bits per heavy atom. The van der Waals surface area contributed by atoms with Crippen molar-refractivity contribution in [3.63, 3.8) is 0 Å². The van der Waals surface area contributed by atoms with Crippen LogP contribution < -0.4 is 10.6 Å². The molecule has 1 aliphatic rings. The van der Waals surface area contributed by atoms with Gasteiger partial charge < -0.3 is 10.6 Å². The van der Waals surface area contributed by atoms with Gasteiger partial charge in [0.2, 0.25) is 5.82 Å². The van der Waals surface area contributed by atoms with Crippen LogP contribution in [0.25, 0.3) is 11.4 Å². The minimum atomic E-state index is -0.452. The second-order valence-corrected chi connectivity index (χ2v) is 9.20. The second kappa shape index (κ2) is 10.2. The predicted octanol–water partition coefficient (Wildman–Crippen LogP) is 3.27. The van der Waals surface area contributed by atoms with E-state index in [4.69, 9.17) is 0 Å². The molecule has 0 saturated heterocycles. The van der Waals surface area contributed by atoms with Crippen LogP contribution in [0.3, 0.4) is 0 Å². The summed E-state index contributed by atoms with van der Waals surface area (Å²) in [5, 5.41) is 19.8. The molecule has 0 unspecified atom stereocenters. The SMILES string of the molecule is CC(C)c1cc(CNC(=O)c2cc(C(=O)N[C@H]3CCc4cc(-c5nn[nH]n5)ccc43)ncn2)ccc1F. The van der Waals surface area contributed by atoms with E-state index in [1.807, 2.05) is 32.0 Å². The summed E-state index contributed by atoms with van der Waals surface area (Å²) in [7, 11) is 0. The van der Waals surface area contributed by atoms with Gasteiger partial charge in [-0.1, -0.05) is 38.1 Å². The zero-order chi connectivity index (χ0) is 25.9. The summed E-state index contributed by atoms with van der Waals surface area (Å²) in [4.78, 5) is 33.7. The van der Waals surface area contributed by atoms with E-state index >= 15 is 0 Å². The summed E-state index contributed by atoms with van der Waals surface area (Å²) in [5.41, 5.74) is 4.51. The van der Waals surface area contributed by atoms with Crippen LogP contribution in [-0.2, 0) is 13.0 Å². The molecular formula is C26H25FN8O2. The van der Waals surface area contributed by atoms with Crippen molar-refractivity contribution in [3.05, 3.63) is 88.3 Å². The summed E-state index contributed by atoms with van der Waals surface area (Å²) in [6, 6.07) is 11.8. The van der Waals surface area contributed by atoms with Gasteiger partial charge in [-0.2, -0.15) is 5.21 Å².